The zero-order valence-corrected chi connectivity index (χ0v) is 11.6. The second-order valence-electron chi connectivity index (χ2n) is 4.53. The van der Waals surface area contributed by atoms with Crippen molar-refractivity contribution in [1.82, 2.24) is 10.3 Å². The minimum Gasteiger partial charge on any atom is -0.494 e. The van der Waals surface area contributed by atoms with E-state index in [1.807, 2.05) is 19.2 Å². The molecular weight excluding hydrogens is 257 g/mol. The first-order chi connectivity index (χ1) is 9.63. The van der Waals surface area contributed by atoms with Gasteiger partial charge in [0.05, 0.1) is 7.11 Å². The van der Waals surface area contributed by atoms with Crippen molar-refractivity contribution in [3.63, 3.8) is 0 Å². The van der Waals surface area contributed by atoms with Gasteiger partial charge >= 0.3 is 0 Å². The summed E-state index contributed by atoms with van der Waals surface area (Å²) in [5.41, 5.74) is 7.71. The van der Waals surface area contributed by atoms with Crippen LogP contribution >= 0.6 is 0 Å². The number of likely N-dealkylation sites (N-methyl/N-ethyl adjacent to an activating group) is 1. The molecule has 2 aromatic rings. The molecule has 0 fully saturated rings. The molecule has 0 saturated heterocycles. The average molecular weight is 275 g/mol. The molecule has 0 aliphatic heterocycles. The molecule has 1 aromatic heterocycles. The SMILES string of the molecule is CNC(Cc1ccnc(N)c1)c1ccc(F)c(OC)c1. The summed E-state index contributed by atoms with van der Waals surface area (Å²) in [6.07, 6.45) is 2.42. The Kier molecular flexibility index (Phi) is 4.53. The Morgan fingerprint density at radius 2 is 2.15 bits per heavy atom. The van der Waals surface area contributed by atoms with Gasteiger partial charge in [0.25, 0.3) is 0 Å². The lowest BCUT2D eigenvalue weighted by Crippen LogP contribution is -2.19. The summed E-state index contributed by atoms with van der Waals surface area (Å²) < 4.78 is 18.5. The largest absolute Gasteiger partial charge is 0.494 e. The molecule has 0 aliphatic carbocycles. The van der Waals surface area contributed by atoms with E-state index >= 15 is 0 Å². The van der Waals surface area contributed by atoms with E-state index in [0.29, 0.717) is 5.82 Å². The molecule has 0 spiro atoms. The van der Waals surface area contributed by atoms with Crippen LogP contribution in [0, 0.1) is 5.82 Å². The maximum atomic E-state index is 13.4. The van der Waals surface area contributed by atoms with Gasteiger partial charge in [-0.3, -0.25) is 0 Å². The van der Waals surface area contributed by atoms with E-state index in [4.69, 9.17) is 10.5 Å². The smallest absolute Gasteiger partial charge is 0.165 e. The summed E-state index contributed by atoms with van der Waals surface area (Å²) in [7, 11) is 3.32. The van der Waals surface area contributed by atoms with Crippen LogP contribution in [0.25, 0.3) is 0 Å². The van der Waals surface area contributed by atoms with Crippen molar-refractivity contribution in [2.24, 2.45) is 0 Å². The number of nitrogens with two attached hydrogens (primary N) is 1. The first kappa shape index (κ1) is 14.3. The molecule has 3 N–H and O–H groups in total. The summed E-state index contributed by atoms with van der Waals surface area (Å²) in [6.45, 7) is 0. The first-order valence-electron chi connectivity index (χ1n) is 6.35. The fraction of sp³-hybridized carbons (Fsp3) is 0.267. The highest BCUT2D eigenvalue weighted by Gasteiger charge is 2.13. The molecule has 0 radical (unpaired) electrons. The second-order valence-corrected chi connectivity index (χ2v) is 4.53. The van der Waals surface area contributed by atoms with Crippen LogP contribution < -0.4 is 15.8 Å². The third-order valence-corrected chi connectivity index (χ3v) is 3.21. The van der Waals surface area contributed by atoms with Gasteiger partial charge < -0.3 is 15.8 Å². The number of rotatable bonds is 5. The van der Waals surface area contributed by atoms with Gasteiger partial charge in [-0.15, -0.1) is 0 Å². The van der Waals surface area contributed by atoms with E-state index < -0.39 is 0 Å². The Balaban J connectivity index is 2.24. The molecule has 4 nitrogen and oxygen atoms in total. The maximum absolute atomic E-state index is 13.4. The molecule has 0 amide bonds. The molecule has 0 saturated carbocycles. The molecular formula is C15H18FN3O. The predicted molar refractivity (Wildman–Crippen MR) is 77.1 cm³/mol. The number of methoxy groups -OCH3 is 1. The van der Waals surface area contributed by atoms with Crippen LogP contribution in [0.2, 0.25) is 0 Å². The van der Waals surface area contributed by atoms with Crippen molar-refractivity contribution in [2.75, 3.05) is 19.9 Å². The third-order valence-electron chi connectivity index (χ3n) is 3.21. The topological polar surface area (TPSA) is 60.2 Å². The molecule has 20 heavy (non-hydrogen) atoms. The molecule has 2 rings (SSSR count). The van der Waals surface area contributed by atoms with Crippen molar-refractivity contribution in [3.05, 3.63) is 53.5 Å². The number of halogens is 1. The van der Waals surface area contributed by atoms with E-state index in [1.54, 1.807) is 18.3 Å². The molecule has 1 unspecified atom stereocenters. The maximum Gasteiger partial charge on any atom is 0.165 e. The molecule has 1 atom stereocenters. The number of aromatic nitrogens is 1. The second kappa shape index (κ2) is 6.34. The summed E-state index contributed by atoms with van der Waals surface area (Å²) >= 11 is 0. The molecule has 0 aliphatic rings. The fourth-order valence-corrected chi connectivity index (χ4v) is 2.14. The van der Waals surface area contributed by atoms with Crippen molar-refractivity contribution in [3.8, 4) is 5.75 Å². The van der Waals surface area contributed by atoms with Crippen LogP contribution in [0.15, 0.2) is 36.5 Å². The number of nitrogen functional groups attached to an aromatic ring is 1. The van der Waals surface area contributed by atoms with Crippen molar-refractivity contribution < 1.29 is 9.13 Å². The van der Waals surface area contributed by atoms with Gasteiger partial charge in [0, 0.05) is 12.2 Å². The van der Waals surface area contributed by atoms with Gasteiger partial charge in [0.1, 0.15) is 5.82 Å². The minimum atomic E-state index is -0.362. The Morgan fingerprint density at radius 1 is 1.35 bits per heavy atom. The minimum absolute atomic E-state index is 0.0475. The van der Waals surface area contributed by atoms with Crippen LogP contribution in [-0.4, -0.2) is 19.1 Å². The highest BCUT2D eigenvalue weighted by Crippen LogP contribution is 2.25. The van der Waals surface area contributed by atoms with Gasteiger partial charge in [-0.1, -0.05) is 6.07 Å². The summed E-state index contributed by atoms with van der Waals surface area (Å²) in [5, 5.41) is 3.22. The van der Waals surface area contributed by atoms with Gasteiger partial charge in [0.15, 0.2) is 11.6 Å². The zero-order valence-electron chi connectivity index (χ0n) is 11.6. The lowest BCUT2D eigenvalue weighted by atomic mass is 9.99. The van der Waals surface area contributed by atoms with Crippen molar-refractivity contribution in [2.45, 2.75) is 12.5 Å². The number of nitrogens with zero attached hydrogens (tertiary/aromatic N) is 1. The monoisotopic (exact) mass is 275 g/mol. The van der Waals surface area contributed by atoms with Gasteiger partial charge in [-0.25, -0.2) is 9.37 Å². The van der Waals surface area contributed by atoms with Crippen LogP contribution in [0.4, 0.5) is 10.2 Å². The number of hydrogen-bond donors (Lipinski definition) is 2. The Labute approximate surface area is 117 Å². The number of pyridine rings is 1. The van der Waals surface area contributed by atoms with Gasteiger partial charge in [0.2, 0.25) is 0 Å². The zero-order chi connectivity index (χ0) is 14.5. The van der Waals surface area contributed by atoms with Crippen molar-refractivity contribution in [1.29, 1.82) is 0 Å². The number of ether oxygens (including phenoxy) is 1. The highest BCUT2D eigenvalue weighted by molar-refractivity contribution is 5.35. The predicted octanol–water partition coefficient (Wildman–Crippen LogP) is 2.31. The number of hydrogen-bond acceptors (Lipinski definition) is 4. The van der Waals surface area contributed by atoms with Crippen LogP contribution in [0.5, 0.6) is 5.75 Å². The third kappa shape index (κ3) is 3.24. The van der Waals surface area contributed by atoms with E-state index in [2.05, 4.69) is 10.3 Å². The molecule has 106 valence electrons. The molecule has 5 heteroatoms. The van der Waals surface area contributed by atoms with E-state index in [-0.39, 0.29) is 17.6 Å². The van der Waals surface area contributed by atoms with Crippen molar-refractivity contribution >= 4 is 5.82 Å². The average Bonchev–Trinajstić information content (AvgIpc) is 2.45. The lowest BCUT2D eigenvalue weighted by Gasteiger charge is -2.18. The molecule has 1 heterocycles. The summed E-state index contributed by atoms with van der Waals surface area (Å²) in [4.78, 5) is 3.97. The van der Waals surface area contributed by atoms with E-state index in [1.165, 1.54) is 13.2 Å². The first-order valence-corrected chi connectivity index (χ1v) is 6.35. The quantitative estimate of drug-likeness (QED) is 0.879. The summed E-state index contributed by atoms with van der Waals surface area (Å²) in [6, 6.07) is 8.68. The van der Waals surface area contributed by atoms with E-state index in [0.717, 1.165) is 17.5 Å². The van der Waals surface area contributed by atoms with Crippen LogP contribution in [-0.2, 0) is 6.42 Å². The Morgan fingerprint density at radius 3 is 2.80 bits per heavy atom. The Bertz CT molecular complexity index is 589. The number of benzene rings is 1. The van der Waals surface area contributed by atoms with Gasteiger partial charge in [-0.05, 0) is 48.9 Å². The Hall–Kier alpha value is -2.14. The fourth-order valence-electron chi connectivity index (χ4n) is 2.14. The highest BCUT2D eigenvalue weighted by atomic mass is 19.1. The summed E-state index contributed by atoms with van der Waals surface area (Å²) in [5.74, 6) is 0.380. The normalized spacial score (nSPS) is 12.2. The molecule has 0 bridgehead atoms. The molecule has 1 aromatic carbocycles. The number of anilines is 1. The van der Waals surface area contributed by atoms with E-state index in [9.17, 15) is 4.39 Å². The van der Waals surface area contributed by atoms with Gasteiger partial charge in [-0.2, -0.15) is 0 Å². The van der Waals surface area contributed by atoms with Crippen LogP contribution in [0.1, 0.15) is 17.2 Å². The lowest BCUT2D eigenvalue weighted by molar-refractivity contribution is 0.385. The standard InChI is InChI=1S/C15H18FN3O/c1-18-13(7-10-5-6-19-15(17)8-10)11-3-4-12(16)14(9-11)20-2/h3-6,8-9,13,18H,7H2,1-2H3,(H2,17,19). The number of nitrogens with one attached hydrogen (secondary N) is 1. The van der Waals surface area contributed by atoms with Crippen LogP contribution in [0.3, 0.4) is 0 Å².